The van der Waals surface area contributed by atoms with Crippen molar-refractivity contribution in [3.8, 4) is 0 Å². The second kappa shape index (κ2) is 8.79. The van der Waals surface area contributed by atoms with Crippen LogP contribution in [0.15, 0.2) is 47.4 Å². The van der Waals surface area contributed by atoms with Crippen LogP contribution in [0.5, 0.6) is 0 Å². The predicted molar refractivity (Wildman–Crippen MR) is 119 cm³/mol. The number of nitrogens with zero attached hydrogens (tertiary/aromatic N) is 1. The average molecular weight is 415 g/mol. The number of carbonyl (C=O) groups excluding carboxylic acids is 1. The Morgan fingerprint density at radius 1 is 1.18 bits per heavy atom. The molecular formula is C23H27ClN2OS. The van der Waals surface area contributed by atoms with E-state index < -0.39 is 0 Å². The van der Waals surface area contributed by atoms with Crippen LogP contribution in [-0.2, 0) is 6.54 Å². The second-order valence-corrected chi connectivity index (χ2v) is 9.49. The molecule has 2 aliphatic rings. The van der Waals surface area contributed by atoms with Crippen molar-refractivity contribution in [2.45, 2.75) is 50.1 Å². The molecule has 2 aromatic rings. The molecule has 1 amide bonds. The molecular weight excluding hydrogens is 388 g/mol. The Morgan fingerprint density at radius 3 is 2.75 bits per heavy atom. The third kappa shape index (κ3) is 4.49. The Balaban J connectivity index is 1.52. The van der Waals surface area contributed by atoms with Gasteiger partial charge in [-0.2, -0.15) is 0 Å². The molecule has 1 saturated carbocycles. The van der Waals surface area contributed by atoms with E-state index in [1.165, 1.54) is 29.7 Å². The summed E-state index contributed by atoms with van der Waals surface area (Å²) >= 11 is 7.89. The molecule has 1 aliphatic heterocycles. The molecule has 0 unspecified atom stereocenters. The first-order chi connectivity index (χ1) is 13.6. The highest BCUT2D eigenvalue weighted by Gasteiger charge is 2.24. The van der Waals surface area contributed by atoms with Gasteiger partial charge < -0.3 is 10.2 Å². The van der Waals surface area contributed by atoms with Crippen molar-refractivity contribution < 1.29 is 4.79 Å². The minimum absolute atomic E-state index is 0.0589. The number of benzene rings is 2. The van der Waals surface area contributed by atoms with Crippen LogP contribution in [0.2, 0.25) is 5.02 Å². The molecule has 1 fully saturated rings. The molecule has 0 aromatic heterocycles. The van der Waals surface area contributed by atoms with Crippen molar-refractivity contribution in [2.24, 2.45) is 5.92 Å². The average Bonchev–Trinajstić information content (AvgIpc) is 2.71. The van der Waals surface area contributed by atoms with E-state index in [0.717, 1.165) is 41.5 Å². The fourth-order valence-corrected chi connectivity index (χ4v) is 5.33. The van der Waals surface area contributed by atoms with Crippen LogP contribution >= 0.6 is 23.4 Å². The fourth-order valence-electron chi connectivity index (χ4n) is 4.17. The van der Waals surface area contributed by atoms with Gasteiger partial charge in [0.15, 0.2) is 0 Å². The van der Waals surface area contributed by atoms with Crippen molar-refractivity contribution in [1.82, 2.24) is 5.32 Å². The third-order valence-electron chi connectivity index (χ3n) is 5.90. The summed E-state index contributed by atoms with van der Waals surface area (Å²) < 4.78 is 0. The van der Waals surface area contributed by atoms with Crippen LogP contribution in [0.4, 0.5) is 5.69 Å². The first-order valence-electron chi connectivity index (χ1n) is 10.2. The summed E-state index contributed by atoms with van der Waals surface area (Å²) in [5, 5.41) is 4.04. The molecule has 0 radical (unpaired) electrons. The molecule has 1 heterocycles. The van der Waals surface area contributed by atoms with Gasteiger partial charge in [0.1, 0.15) is 0 Å². The van der Waals surface area contributed by atoms with Crippen molar-refractivity contribution in [1.29, 1.82) is 0 Å². The normalized spacial score (nSPS) is 21.9. The lowest BCUT2D eigenvalue weighted by atomic mass is 9.86. The van der Waals surface area contributed by atoms with Crippen LogP contribution in [0.3, 0.4) is 0 Å². The summed E-state index contributed by atoms with van der Waals surface area (Å²) in [4.78, 5) is 16.5. The second-order valence-electron chi connectivity index (χ2n) is 7.92. The lowest BCUT2D eigenvalue weighted by Gasteiger charge is -2.32. The summed E-state index contributed by atoms with van der Waals surface area (Å²) in [6.07, 6.45) is 4.80. The van der Waals surface area contributed by atoms with Gasteiger partial charge in [0.25, 0.3) is 5.91 Å². The molecule has 3 nitrogen and oxygen atoms in total. The first-order valence-corrected chi connectivity index (χ1v) is 11.5. The van der Waals surface area contributed by atoms with Crippen LogP contribution in [0.25, 0.3) is 0 Å². The number of rotatable bonds is 4. The highest BCUT2D eigenvalue weighted by atomic mass is 35.5. The van der Waals surface area contributed by atoms with E-state index in [9.17, 15) is 4.79 Å². The quantitative estimate of drug-likeness (QED) is 0.690. The standard InChI is InChI=1S/C23H27ClN2OS/c1-16-4-2-3-5-20(16)25-23(27)18-8-11-22-21(14-18)26(12-13-28-22)15-17-6-9-19(24)10-7-17/h6-11,14,16,20H,2-5,12-13,15H2,1H3,(H,25,27)/t16-,20+/m0/s1. The van der Waals surface area contributed by atoms with Gasteiger partial charge in [-0.15, -0.1) is 11.8 Å². The lowest BCUT2D eigenvalue weighted by molar-refractivity contribution is 0.0910. The molecule has 0 bridgehead atoms. The Hall–Kier alpha value is -1.65. The SMILES string of the molecule is C[C@H]1CCCC[C@H]1NC(=O)c1ccc2c(c1)N(Cc1ccc(Cl)cc1)CCS2. The number of hydrogen-bond donors (Lipinski definition) is 1. The molecule has 0 spiro atoms. The van der Waals surface area contributed by atoms with E-state index in [1.54, 1.807) is 0 Å². The maximum Gasteiger partial charge on any atom is 0.251 e. The van der Waals surface area contributed by atoms with Crippen molar-refractivity contribution in [3.63, 3.8) is 0 Å². The van der Waals surface area contributed by atoms with Crippen LogP contribution < -0.4 is 10.2 Å². The summed E-state index contributed by atoms with van der Waals surface area (Å²) in [5.41, 5.74) is 3.16. The van der Waals surface area contributed by atoms with E-state index >= 15 is 0 Å². The smallest absolute Gasteiger partial charge is 0.251 e. The Bertz CT molecular complexity index is 839. The van der Waals surface area contributed by atoms with Crippen molar-refractivity contribution in [2.75, 3.05) is 17.2 Å². The monoisotopic (exact) mass is 414 g/mol. The van der Waals surface area contributed by atoms with Crippen molar-refractivity contribution in [3.05, 3.63) is 58.6 Å². The number of fused-ring (bicyclic) bond motifs is 1. The van der Waals surface area contributed by atoms with Gasteiger partial charge in [0, 0.05) is 40.4 Å². The zero-order chi connectivity index (χ0) is 19.5. The highest BCUT2D eigenvalue weighted by molar-refractivity contribution is 7.99. The third-order valence-corrected chi connectivity index (χ3v) is 7.19. The molecule has 2 atom stereocenters. The van der Waals surface area contributed by atoms with Gasteiger partial charge in [-0.1, -0.05) is 43.5 Å². The van der Waals surface area contributed by atoms with Crippen LogP contribution in [-0.4, -0.2) is 24.2 Å². The highest BCUT2D eigenvalue weighted by Crippen LogP contribution is 2.36. The van der Waals surface area contributed by atoms with Gasteiger partial charge in [0.2, 0.25) is 0 Å². The largest absolute Gasteiger partial charge is 0.365 e. The maximum atomic E-state index is 12.9. The number of anilines is 1. The zero-order valence-corrected chi connectivity index (χ0v) is 17.9. The van der Waals surface area contributed by atoms with E-state index in [4.69, 9.17) is 11.6 Å². The topological polar surface area (TPSA) is 32.3 Å². The molecule has 2 aromatic carbocycles. The van der Waals surface area contributed by atoms with Gasteiger partial charge >= 0.3 is 0 Å². The maximum absolute atomic E-state index is 12.9. The molecule has 4 rings (SSSR count). The van der Waals surface area contributed by atoms with Crippen molar-refractivity contribution >= 4 is 35.0 Å². The Morgan fingerprint density at radius 2 is 1.96 bits per heavy atom. The Kier molecular flexibility index (Phi) is 6.17. The predicted octanol–water partition coefficient (Wildman–Crippen LogP) is 5.76. The van der Waals surface area contributed by atoms with E-state index in [-0.39, 0.29) is 5.91 Å². The first kappa shape index (κ1) is 19.7. The van der Waals surface area contributed by atoms with Gasteiger partial charge in [-0.05, 0) is 54.7 Å². The molecule has 0 saturated heterocycles. The number of carbonyl (C=O) groups is 1. The van der Waals surface area contributed by atoms with Crippen LogP contribution in [0, 0.1) is 5.92 Å². The number of amides is 1. The van der Waals surface area contributed by atoms with Gasteiger partial charge in [-0.25, -0.2) is 0 Å². The number of thioether (sulfide) groups is 1. The summed E-state index contributed by atoms with van der Waals surface area (Å²) in [6, 6.07) is 14.5. The molecule has 5 heteroatoms. The lowest BCUT2D eigenvalue weighted by Crippen LogP contribution is -2.41. The summed E-state index contributed by atoms with van der Waals surface area (Å²) in [5.74, 6) is 1.68. The zero-order valence-electron chi connectivity index (χ0n) is 16.3. The summed E-state index contributed by atoms with van der Waals surface area (Å²) in [6.45, 7) is 4.06. The van der Waals surface area contributed by atoms with Crippen LogP contribution in [0.1, 0.15) is 48.5 Å². The van der Waals surface area contributed by atoms with Gasteiger partial charge in [0.05, 0.1) is 5.69 Å². The number of nitrogens with one attached hydrogen (secondary N) is 1. The summed E-state index contributed by atoms with van der Waals surface area (Å²) in [7, 11) is 0. The number of halogens is 1. The fraction of sp³-hybridized carbons (Fsp3) is 0.435. The molecule has 1 N–H and O–H groups in total. The Labute approximate surface area is 176 Å². The minimum Gasteiger partial charge on any atom is -0.365 e. The number of hydrogen-bond acceptors (Lipinski definition) is 3. The van der Waals surface area contributed by atoms with E-state index in [1.807, 2.05) is 30.0 Å². The van der Waals surface area contributed by atoms with Gasteiger partial charge in [-0.3, -0.25) is 4.79 Å². The van der Waals surface area contributed by atoms with E-state index in [0.29, 0.717) is 12.0 Å². The molecule has 1 aliphatic carbocycles. The van der Waals surface area contributed by atoms with E-state index in [2.05, 4.69) is 41.4 Å². The molecule has 28 heavy (non-hydrogen) atoms. The molecule has 148 valence electrons. The minimum atomic E-state index is 0.0589.